The van der Waals surface area contributed by atoms with Crippen molar-refractivity contribution >= 4 is 6.09 Å². The summed E-state index contributed by atoms with van der Waals surface area (Å²) in [7, 11) is 0. The van der Waals surface area contributed by atoms with Crippen LogP contribution in [0.2, 0.25) is 0 Å². The van der Waals surface area contributed by atoms with Gasteiger partial charge in [-0.05, 0) is 93.8 Å². The fraction of sp³-hybridized carbons (Fsp3) is 0.500. The minimum atomic E-state index is -0.453. The van der Waals surface area contributed by atoms with Crippen LogP contribution in [0, 0.1) is 6.92 Å². The molecule has 1 aromatic carbocycles. The standard InChI is InChI=1S/C24H33N3O2/c1-17-5-6-19(18-11-13-25-14-12-18)15-20(17)16-26-21-7-9-22(10-8-21)27-23(28)29-24(2,3)4/h5-6,11-15,21-22,26H,7-10,16H2,1-4H3,(H,27,28). The predicted molar refractivity (Wildman–Crippen MR) is 117 cm³/mol. The van der Waals surface area contributed by atoms with Crippen LogP contribution in [0.1, 0.15) is 57.6 Å². The Hall–Kier alpha value is -2.40. The molecular formula is C24H33N3O2. The summed E-state index contributed by atoms with van der Waals surface area (Å²) < 4.78 is 5.36. The number of alkyl carbamates (subject to hydrolysis) is 1. The lowest BCUT2D eigenvalue weighted by Gasteiger charge is -2.30. The maximum absolute atomic E-state index is 12.0. The zero-order valence-corrected chi connectivity index (χ0v) is 18.0. The van der Waals surface area contributed by atoms with Crippen LogP contribution in [0.4, 0.5) is 4.79 Å². The SMILES string of the molecule is Cc1ccc(-c2ccncc2)cc1CNC1CCC(NC(=O)OC(C)(C)C)CC1. The van der Waals surface area contributed by atoms with Crippen LogP contribution in [0.15, 0.2) is 42.7 Å². The Kier molecular flexibility index (Phi) is 6.91. The molecule has 1 amide bonds. The molecule has 1 heterocycles. The van der Waals surface area contributed by atoms with Gasteiger partial charge >= 0.3 is 6.09 Å². The van der Waals surface area contributed by atoms with Crippen LogP contribution in [0.25, 0.3) is 11.1 Å². The van der Waals surface area contributed by atoms with Crippen LogP contribution < -0.4 is 10.6 Å². The van der Waals surface area contributed by atoms with E-state index in [1.807, 2.05) is 45.3 Å². The Bertz CT molecular complexity index is 807. The number of aryl methyl sites for hydroxylation is 1. The molecule has 0 unspecified atom stereocenters. The summed E-state index contributed by atoms with van der Waals surface area (Å²) >= 11 is 0. The zero-order chi connectivity index (χ0) is 20.9. The average Bonchev–Trinajstić information content (AvgIpc) is 2.68. The van der Waals surface area contributed by atoms with E-state index >= 15 is 0 Å². The number of carbonyl (C=O) groups is 1. The van der Waals surface area contributed by atoms with Gasteiger partial charge < -0.3 is 15.4 Å². The molecule has 0 atom stereocenters. The van der Waals surface area contributed by atoms with Crippen molar-refractivity contribution in [3.63, 3.8) is 0 Å². The molecule has 156 valence electrons. The van der Waals surface area contributed by atoms with E-state index in [2.05, 4.69) is 40.7 Å². The first-order valence-electron chi connectivity index (χ1n) is 10.5. The third-order valence-electron chi connectivity index (χ3n) is 5.39. The van der Waals surface area contributed by atoms with E-state index < -0.39 is 5.60 Å². The molecule has 5 nitrogen and oxygen atoms in total. The van der Waals surface area contributed by atoms with E-state index in [0.29, 0.717) is 6.04 Å². The van der Waals surface area contributed by atoms with Gasteiger partial charge in [0.15, 0.2) is 0 Å². The van der Waals surface area contributed by atoms with Crippen molar-refractivity contribution in [1.82, 2.24) is 15.6 Å². The smallest absolute Gasteiger partial charge is 0.407 e. The fourth-order valence-corrected chi connectivity index (χ4v) is 3.76. The van der Waals surface area contributed by atoms with E-state index in [1.54, 1.807) is 0 Å². The van der Waals surface area contributed by atoms with E-state index in [1.165, 1.54) is 22.3 Å². The summed E-state index contributed by atoms with van der Waals surface area (Å²) in [6, 6.07) is 11.4. The first-order valence-corrected chi connectivity index (χ1v) is 10.5. The molecule has 0 spiro atoms. The molecule has 29 heavy (non-hydrogen) atoms. The molecular weight excluding hydrogens is 362 g/mol. The number of ether oxygens (including phenoxy) is 1. The lowest BCUT2D eigenvalue weighted by molar-refractivity contribution is 0.0489. The number of aromatic nitrogens is 1. The molecule has 1 aliphatic rings. The minimum Gasteiger partial charge on any atom is -0.444 e. The Balaban J connectivity index is 1.49. The van der Waals surface area contributed by atoms with Crippen LogP contribution in [-0.2, 0) is 11.3 Å². The van der Waals surface area contributed by atoms with Crippen molar-refractivity contribution in [2.45, 2.75) is 77.6 Å². The summed E-state index contributed by atoms with van der Waals surface area (Å²) in [4.78, 5) is 16.1. The first-order chi connectivity index (χ1) is 13.8. The second-order valence-corrected chi connectivity index (χ2v) is 8.95. The Morgan fingerprint density at radius 2 is 1.69 bits per heavy atom. The number of rotatable bonds is 5. The molecule has 1 saturated carbocycles. The molecule has 1 aromatic heterocycles. The second kappa shape index (κ2) is 9.40. The van der Waals surface area contributed by atoms with E-state index in [0.717, 1.165) is 32.2 Å². The molecule has 0 aliphatic heterocycles. The highest BCUT2D eigenvalue weighted by atomic mass is 16.6. The Labute approximate surface area is 174 Å². The van der Waals surface area contributed by atoms with Gasteiger partial charge in [0.25, 0.3) is 0 Å². The number of hydrogen-bond acceptors (Lipinski definition) is 4. The number of nitrogens with one attached hydrogen (secondary N) is 2. The average molecular weight is 396 g/mol. The number of amides is 1. The van der Waals surface area contributed by atoms with Crippen LogP contribution in [-0.4, -0.2) is 28.8 Å². The topological polar surface area (TPSA) is 63.2 Å². The number of pyridine rings is 1. The van der Waals surface area contributed by atoms with Gasteiger partial charge in [0.1, 0.15) is 5.60 Å². The molecule has 2 N–H and O–H groups in total. The normalized spacial score (nSPS) is 19.6. The minimum absolute atomic E-state index is 0.208. The van der Waals surface area contributed by atoms with Gasteiger partial charge in [0.05, 0.1) is 0 Å². The lowest BCUT2D eigenvalue weighted by Crippen LogP contribution is -2.43. The van der Waals surface area contributed by atoms with Crippen molar-refractivity contribution in [1.29, 1.82) is 0 Å². The third kappa shape index (κ3) is 6.57. The Morgan fingerprint density at radius 3 is 2.34 bits per heavy atom. The van der Waals surface area contributed by atoms with Crippen molar-refractivity contribution in [2.24, 2.45) is 0 Å². The molecule has 0 radical (unpaired) electrons. The van der Waals surface area contributed by atoms with Gasteiger partial charge in [-0.25, -0.2) is 4.79 Å². The highest BCUT2D eigenvalue weighted by Gasteiger charge is 2.24. The molecule has 1 fully saturated rings. The van der Waals surface area contributed by atoms with E-state index in [9.17, 15) is 4.79 Å². The van der Waals surface area contributed by atoms with E-state index in [4.69, 9.17) is 4.74 Å². The maximum Gasteiger partial charge on any atom is 0.407 e. The van der Waals surface area contributed by atoms with Gasteiger partial charge in [-0.3, -0.25) is 4.98 Å². The largest absolute Gasteiger partial charge is 0.444 e. The van der Waals surface area contributed by atoms with Crippen molar-refractivity contribution in [3.8, 4) is 11.1 Å². The number of nitrogens with zero attached hydrogens (tertiary/aromatic N) is 1. The summed E-state index contributed by atoms with van der Waals surface area (Å²) in [5, 5.41) is 6.72. The zero-order valence-electron chi connectivity index (χ0n) is 18.0. The van der Waals surface area contributed by atoms with Crippen molar-refractivity contribution in [3.05, 3.63) is 53.9 Å². The van der Waals surface area contributed by atoms with E-state index in [-0.39, 0.29) is 12.1 Å². The summed E-state index contributed by atoms with van der Waals surface area (Å²) in [6.07, 6.45) is 7.43. The molecule has 2 aromatic rings. The molecule has 3 rings (SSSR count). The van der Waals surface area contributed by atoms with Gasteiger partial charge in [-0.2, -0.15) is 0 Å². The summed E-state index contributed by atoms with van der Waals surface area (Å²) in [5.74, 6) is 0. The maximum atomic E-state index is 12.0. The monoisotopic (exact) mass is 395 g/mol. The number of carbonyl (C=O) groups excluding carboxylic acids is 1. The van der Waals surface area contributed by atoms with Gasteiger partial charge in [0.2, 0.25) is 0 Å². The van der Waals surface area contributed by atoms with Crippen molar-refractivity contribution in [2.75, 3.05) is 0 Å². The van der Waals surface area contributed by atoms with Gasteiger partial charge in [0, 0.05) is 31.0 Å². The predicted octanol–water partition coefficient (Wildman–Crippen LogP) is 4.98. The second-order valence-electron chi connectivity index (χ2n) is 8.95. The van der Waals surface area contributed by atoms with Gasteiger partial charge in [-0.1, -0.05) is 12.1 Å². The molecule has 0 saturated heterocycles. The fourth-order valence-electron chi connectivity index (χ4n) is 3.76. The first kappa shape index (κ1) is 21.3. The lowest BCUT2D eigenvalue weighted by atomic mass is 9.91. The third-order valence-corrected chi connectivity index (χ3v) is 5.39. The molecule has 5 heteroatoms. The molecule has 0 bridgehead atoms. The number of hydrogen-bond donors (Lipinski definition) is 2. The van der Waals surface area contributed by atoms with Gasteiger partial charge in [-0.15, -0.1) is 0 Å². The molecule has 1 aliphatic carbocycles. The van der Waals surface area contributed by atoms with Crippen LogP contribution in [0.5, 0.6) is 0 Å². The van der Waals surface area contributed by atoms with Crippen LogP contribution in [0.3, 0.4) is 0 Å². The number of benzene rings is 1. The van der Waals surface area contributed by atoms with Crippen molar-refractivity contribution < 1.29 is 9.53 Å². The highest BCUT2D eigenvalue weighted by molar-refractivity contribution is 5.68. The Morgan fingerprint density at radius 1 is 1.03 bits per heavy atom. The highest BCUT2D eigenvalue weighted by Crippen LogP contribution is 2.23. The quantitative estimate of drug-likeness (QED) is 0.749. The summed E-state index contributed by atoms with van der Waals surface area (Å²) in [5.41, 5.74) is 4.59. The van der Waals surface area contributed by atoms with Crippen LogP contribution >= 0.6 is 0 Å². The summed E-state index contributed by atoms with van der Waals surface area (Å²) in [6.45, 7) is 8.69.